The molecular weight excluding hydrogens is 114 g/mol. The minimum absolute atomic E-state index is 0.131. The van der Waals surface area contributed by atoms with E-state index in [4.69, 9.17) is 0 Å². The number of rotatable bonds is 1. The van der Waals surface area contributed by atoms with Gasteiger partial charge in [-0.3, -0.25) is 4.79 Å². The zero-order valence-corrected chi connectivity index (χ0v) is 5.56. The summed E-state index contributed by atoms with van der Waals surface area (Å²) in [5.41, 5.74) is 0. The molecule has 0 amide bonds. The first kappa shape index (κ1) is 6.27. The molecule has 0 rings (SSSR count). The number of Topliss-reactive ketones (excluding diaryl/α,β-unsaturated/α-hetero) is 1. The van der Waals surface area contributed by atoms with Gasteiger partial charge in [-0.1, -0.05) is 16.8 Å². The molecule has 0 aromatic carbocycles. The van der Waals surface area contributed by atoms with Crippen LogP contribution < -0.4 is 0 Å². The quantitative estimate of drug-likeness (QED) is 0.474. The Bertz CT molecular complexity index is 76.9. The van der Waals surface area contributed by atoms with Crippen molar-refractivity contribution in [1.82, 2.24) is 0 Å². The van der Waals surface area contributed by atoms with Crippen LogP contribution in [0.5, 0.6) is 0 Å². The van der Waals surface area contributed by atoms with Crippen LogP contribution in [0.3, 0.4) is 0 Å². The summed E-state index contributed by atoms with van der Waals surface area (Å²) >= 11 is 0. The lowest BCUT2D eigenvalue weighted by molar-refractivity contribution is -0.110. The summed E-state index contributed by atoms with van der Waals surface area (Å²) in [6.45, 7) is 1.54. The average molecular weight is 120 g/mol. The molecule has 0 heterocycles. The highest BCUT2D eigenvalue weighted by Gasteiger charge is 1.73. The van der Waals surface area contributed by atoms with E-state index >= 15 is 0 Å². The van der Waals surface area contributed by atoms with Crippen LogP contribution >= 0.6 is 16.8 Å². The van der Waals surface area contributed by atoms with E-state index in [1.54, 1.807) is 5.80 Å². The molecule has 0 N–H and O–H groups in total. The molecule has 0 aliphatic heterocycles. The first-order valence-electron chi connectivity index (χ1n) is 1.51. The molecule has 0 aliphatic rings. The molecule has 34 valence electrons. The standard InChI is InChI=1S/C3H6OP2/c1-3(4)2-6-5/h2H,5H2,1H3. The molecule has 1 atom stereocenters. The Kier molecular flexibility index (Phi) is 3.62. The lowest BCUT2D eigenvalue weighted by Gasteiger charge is -1.67. The van der Waals surface area contributed by atoms with Gasteiger partial charge in [-0.2, -0.15) is 0 Å². The van der Waals surface area contributed by atoms with Crippen molar-refractivity contribution in [1.29, 1.82) is 0 Å². The summed E-state index contributed by atoms with van der Waals surface area (Å²) in [7, 11) is 3.39. The fourth-order valence-corrected chi connectivity index (χ4v) is 0.945. The van der Waals surface area contributed by atoms with Gasteiger partial charge in [0.1, 0.15) is 0 Å². The zero-order valence-electron chi connectivity index (χ0n) is 3.51. The first-order valence-corrected chi connectivity index (χ1v) is 4.09. The maximum absolute atomic E-state index is 9.97. The largest absolute Gasteiger partial charge is 0.295 e. The van der Waals surface area contributed by atoms with E-state index in [1.807, 2.05) is 0 Å². The van der Waals surface area contributed by atoms with Crippen LogP contribution in [0.2, 0.25) is 0 Å². The van der Waals surface area contributed by atoms with Crippen molar-refractivity contribution in [2.75, 3.05) is 0 Å². The van der Waals surface area contributed by atoms with Crippen molar-refractivity contribution in [3.05, 3.63) is 0 Å². The van der Waals surface area contributed by atoms with E-state index in [-0.39, 0.29) is 5.78 Å². The summed E-state index contributed by atoms with van der Waals surface area (Å²) in [5, 5.41) is 0. The van der Waals surface area contributed by atoms with Gasteiger partial charge in [-0.05, 0) is 6.92 Å². The van der Waals surface area contributed by atoms with Gasteiger partial charge in [0.25, 0.3) is 0 Å². The van der Waals surface area contributed by atoms with E-state index in [9.17, 15) is 4.79 Å². The molecule has 0 saturated carbocycles. The van der Waals surface area contributed by atoms with Crippen LogP contribution in [-0.2, 0) is 4.79 Å². The molecule has 1 nitrogen and oxygen atoms in total. The summed E-state index contributed by atoms with van der Waals surface area (Å²) in [5.74, 6) is 1.72. The highest BCUT2D eigenvalue weighted by atomic mass is 32.0. The van der Waals surface area contributed by atoms with E-state index < -0.39 is 0 Å². The van der Waals surface area contributed by atoms with E-state index in [1.165, 1.54) is 6.92 Å². The minimum Gasteiger partial charge on any atom is -0.295 e. The van der Waals surface area contributed by atoms with Crippen molar-refractivity contribution in [2.24, 2.45) is 0 Å². The van der Waals surface area contributed by atoms with E-state index in [0.717, 1.165) is 7.89 Å². The van der Waals surface area contributed by atoms with Gasteiger partial charge in [0.15, 0.2) is 5.78 Å². The predicted octanol–water partition coefficient (Wildman–Crippen LogP) is 1.11. The second kappa shape index (κ2) is 3.46. The highest BCUT2D eigenvalue weighted by Crippen LogP contribution is 2.03. The summed E-state index contributed by atoms with van der Waals surface area (Å²) in [4.78, 5) is 9.97. The maximum Gasteiger partial charge on any atom is 0.157 e. The molecule has 0 aromatic rings. The first-order chi connectivity index (χ1) is 2.77. The smallest absolute Gasteiger partial charge is 0.157 e. The maximum atomic E-state index is 9.97. The Morgan fingerprint density at radius 3 is 2.50 bits per heavy atom. The van der Waals surface area contributed by atoms with Crippen LogP contribution in [0, 0.1) is 0 Å². The number of ketones is 1. The Hall–Kier alpha value is 0.270. The lowest BCUT2D eigenvalue weighted by atomic mass is 10.5. The Morgan fingerprint density at radius 1 is 2.00 bits per heavy atom. The molecule has 0 aromatic heterocycles. The van der Waals surface area contributed by atoms with Gasteiger partial charge in [-0.15, -0.1) is 0 Å². The third kappa shape index (κ3) is 4.27. The number of carbonyl (C=O) groups excluding carboxylic acids is 1. The monoisotopic (exact) mass is 120 g/mol. The van der Waals surface area contributed by atoms with Gasteiger partial charge in [0.05, 0.1) is 0 Å². The van der Waals surface area contributed by atoms with Crippen molar-refractivity contribution < 1.29 is 4.79 Å². The van der Waals surface area contributed by atoms with E-state index in [2.05, 4.69) is 8.93 Å². The van der Waals surface area contributed by atoms with Crippen molar-refractivity contribution in [3.63, 3.8) is 0 Å². The molecule has 0 spiro atoms. The number of hydrogen-bond donors (Lipinski definition) is 0. The average Bonchev–Trinajstić information content (AvgIpc) is 1.35. The van der Waals surface area contributed by atoms with Crippen LogP contribution in [0.4, 0.5) is 0 Å². The summed E-state index contributed by atoms with van der Waals surface area (Å²) in [6.07, 6.45) is 0. The molecule has 6 heavy (non-hydrogen) atoms. The zero-order chi connectivity index (χ0) is 4.99. The molecule has 0 aliphatic carbocycles. The number of carbonyl (C=O) groups is 1. The van der Waals surface area contributed by atoms with Gasteiger partial charge >= 0.3 is 0 Å². The van der Waals surface area contributed by atoms with Gasteiger partial charge in [0, 0.05) is 5.80 Å². The van der Waals surface area contributed by atoms with Gasteiger partial charge < -0.3 is 0 Å². The van der Waals surface area contributed by atoms with Crippen molar-refractivity contribution in [3.8, 4) is 0 Å². The Morgan fingerprint density at radius 2 is 2.50 bits per heavy atom. The molecule has 0 saturated heterocycles. The molecular formula is C3H6OP2. The Balaban J connectivity index is 3.30. The third-order valence-corrected chi connectivity index (χ3v) is 1.22. The van der Waals surface area contributed by atoms with Gasteiger partial charge in [-0.25, -0.2) is 0 Å². The minimum atomic E-state index is 0.131. The molecule has 0 fully saturated rings. The second-order valence-corrected chi connectivity index (χ2v) is 2.34. The summed E-state index contributed by atoms with van der Waals surface area (Å²) < 4.78 is 0. The third-order valence-electron chi connectivity index (χ3n) is 0.256. The van der Waals surface area contributed by atoms with Crippen molar-refractivity contribution >= 4 is 28.4 Å². The molecule has 1 unspecified atom stereocenters. The SMILES string of the molecule is CC(=O)C=PP. The van der Waals surface area contributed by atoms with Gasteiger partial charge in [0.2, 0.25) is 0 Å². The van der Waals surface area contributed by atoms with Crippen LogP contribution in [0.1, 0.15) is 6.92 Å². The van der Waals surface area contributed by atoms with Crippen LogP contribution in [0.15, 0.2) is 0 Å². The van der Waals surface area contributed by atoms with Crippen LogP contribution in [0.25, 0.3) is 0 Å². The fraction of sp³-hybridized carbons (Fsp3) is 0.333. The van der Waals surface area contributed by atoms with Crippen molar-refractivity contribution in [2.45, 2.75) is 6.92 Å². The van der Waals surface area contributed by atoms with E-state index in [0.29, 0.717) is 0 Å². The molecule has 3 heteroatoms. The fourth-order valence-electron chi connectivity index (χ4n) is 0.105. The lowest BCUT2D eigenvalue weighted by Crippen LogP contribution is -1.83. The highest BCUT2D eigenvalue weighted by molar-refractivity contribution is 8.02. The molecule has 0 radical (unpaired) electrons. The normalized spacial score (nSPS) is 9.67. The summed E-state index contributed by atoms with van der Waals surface area (Å²) in [6, 6.07) is 0. The predicted molar refractivity (Wildman–Crippen MR) is 33.4 cm³/mol. The van der Waals surface area contributed by atoms with Crippen LogP contribution in [-0.4, -0.2) is 11.6 Å². The second-order valence-electron chi connectivity index (χ2n) is 0.889. The molecule has 0 bridgehead atoms. The Labute approximate surface area is 41.0 Å². The topological polar surface area (TPSA) is 17.1 Å². The number of hydrogen-bond acceptors (Lipinski definition) is 1.